The van der Waals surface area contributed by atoms with Crippen molar-refractivity contribution in [2.75, 3.05) is 18.2 Å². The second kappa shape index (κ2) is 6.20. The molecule has 1 spiro atoms. The van der Waals surface area contributed by atoms with E-state index >= 15 is 0 Å². The van der Waals surface area contributed by atoms with Gasteiger partial charge in [-0.3, -0.25) is 0 Å². The number of hydrogen-bond donors (Lipinski definition) is 1. The molecule has 2 aliphatic rings. The van der Waals surface area contributed by atoms with Crippen molar-refractivity contribution in [2.24, 2.45) is 0 Å². The molecule has 1 saturated carbocycles. The Morgan fingerprint density at radius 1 is 1.14 bits per heavy atom. The maximum Gasteiger partial charge on any atom is 0.175 e. The van der Waals surface area contributed by atoms with E-state index in [2.05, 4.69) is 5.32 Å². The summed E-state index contributed by atoms with van der Waals surface area (Å²) in [5.74, 6) is 0. The van der Waals surface area contributed by atoms with Crippen molar-refractivity contribution in [1.29, 1.82) is 0 Å². The van der Waals surface area contributed by atoms with Gasteiger partial charge in [-0.1, -0.05) is 19.3 Å². The van der Waals surface area contributed by atoms with E-state index in [1.54, 1.807) is 12.1 Å². The molecule has 1 heterocycles. The van der Waals surface area contributed by atoms with Crippen molar-refractivity contribution < 1.29 is 13.2 Å². The number of anilines is 1. The fourth-order valence-corrected chi connectivity index (χ4v) is 4.36. The van der Waals surface area contributed by atoms with Crippen molar-refractivity contribution in [3.63, 3.8) is 0 Å². The van der Waals surface area contributed by atoms with Gasteiger partial charge in [-0.25, -0.2) is 8.42 Å². The zero-order valence-electron chi connectivity index (χ0n) is 13.2. The summed E-state index contributed by atoms with van der Waals surface area (Å²) in [6.45, 7) is 0.819. The first-order valence-corrected chi connectivity index (χ1v) is 10.1. The van der Waals surface area contributed by atoms with Gasteiger partial charge < -0.3 is 10.1 Å². The molecule has 4 nitrogen and oxygen atoms in total. The van der Waals surface area contributed by atoms with Gasteiger partial charge in [0.25, 0.3) is 0 Å². The third-order valence-electron chi connectivity index (χ3n) is 4.91. The summed E-state index contributed by atoms with van der Waals surface area (Å²) in [7, 11) is -3.12. The van der Waals surface area contributed by atoms with Gasteiger partial charge >= 0.3 is 0 Å². The van der Waals surface area contributed by atoms with Gasteiger partial charge in [0.15, 0.2) is 9.84 Å². The second-order valence-corrected chi connectivity index (χ2v) is 8.74. The smallest absolute Gasteiger partial charge is 0.175 e. The highest BCUT2D eigenvalue weighted by Gasteiger charge is 2.38. The fraction of sp³-hybridized carbons (Fsp3) is 0.647. The minimum Gasteiger partial charge on any atom is -0.382 e. The molecule has 0 radical (unpaired) electrons. The van der Waals surface area contributed by atoms with Crippen LogP contribution in [-0.2, 0) is 14.6 Å². The molecule has 2 fully saturated rings. The van der Waals surface area contributed by atoms with Crippen LogP contribution < -0.4 is 5.32 Å². The first-order valence-electron chi connectivity index (χ1n) is 8.18. The lowest BCUT2D eigenvalue weighted by atomic mass is 9.78. The van der Waals surface area contributed by atoms with Crippen LogP contribution in [0.2, 0.25) is 0 Å². The van der Waals surface area contributed by atoms with Gasteiger partial charge in [0.05, 0.1) is 10.5 Å². The number of sulfone groups is 1. The van der Waals surface area contributed by atoms with E-state index < -0.39 is 9.84 Å². The van der Waals surface area contributed by atoms with E-state index in [1.165, 1.54) is 38.4 Å². The van der Waals surface area contributed by atoms with Gasteiger partial charge in [-0.05, 0) is 49.9 Å². The van der Waals surface area contributed by atoms with Gasteiger partial charge in [0, 0.05) is 24.6 Å². The molecule has 5 heteroatoms. The van der Waals surface area contributed by atoms with Crippen LogP contribution in [-0.4, -0.2) is 32.9 Å². The SMILES string of the molecule is CS(=O)(=O)c1ccc(NC2CCOC3(CCCCC3)C2)cc1. The van der Waals surface area contributed by atoms with Crippen LogP contribution in [0.5, 0.6) is 0 Å². The van der Waals surface area contributed by atoms with Gasteiger partial charge in [0.2, 0.25) is 0 Å². The lowest BCUT2D eigenvalue weighted by molar-refractivity contribution is -0.103. The Kier molecular flexibility index (Phi) is 4.46. The highest BCUT2D eigenvalue weighted by Crippen LogP contribution is 2.39. The third-order valence-corrected chi connectivity index (χ3v) is 6.04. The van der Waals surface area contributed by atoms with Gasteiger partial charge in [-0.15, -0.1) is 0 Å². The predicted octanol–water partition coefficient (Wildman–Crippen LogP) is 3.38. The maximum atomic E-state index is 11.5. The molecular formula is C17H25NO3S. The summed E-state index contributed by atoms with van der Waals surface area (Å²) in [5.41, 5.74) is 1.08. The van der Waals surface area contributed by atoms with Gasteiger partial charge in [-0.2, -0.15) is 0 Å². The highest BCUT2D eigenvalue weighted by atomic mass is 32.2. The molecule has 0 amide bonds. The van der Waals surface area contributed by atoms with E-state index in [9.17, 15) is 8.42 Å². The molecule has 122 valence electrons. The minimum atomic E-state index is -3.12. The van der Waals surface area contributed by atoms with Crippen LogP contribution in [0, 0.1) is 0 Å². The topological polar surface area (TPSA) is 55.4 Å². The average molecular weight is 323 g/mol. The van der Waals surface area contributed by atoms with Crippen LogP contribution in [0.3, 0.4) is 0 Å². The summed E-state index contributed by atoms with van der Waals surface area (Å²) < 4.78 is 29.1. The first-order chi connectivity index (χ1) is 10.5. The Morgan fingerprint density at radius 3 is 2.45 bits per heavy atom. The summed E-state index contributed by atoms with van der Waals surface area (Å²) in [6.07, 6.45) is 9.54. The lowest BCUT2D eigenvalue weighted by Gasteiger charge is -2.44. The summed E-state index contributed by atoms with van der Waals surface area (Å²) in [5, 5.41) is 3.56. The molecule has 1 aliphatic heterocycles. The Balaban J connectivity index is 1.65. The van der Waals surface area contributed by atoms with Crippen molar-refractivity contribution in [3.05, 3.63) is 24.3 Å². The first kappa shape index (κ1) is 15.8. The molecule has 1 saturated heterocycles. The molecule has 1 aliphatic carbocycles. The zero-order valence-corrected chi connectivity index (χ0v) is 14.0. The second-order valence-electron chi connectivity index (χ2n) is 6.72. The van der Waals surface area contributed by atoms with Gasteiger partial charge in [0.1, 0.15) is 0 Å². The molecule has 0 aromatic heterocycles. The van der Waals surface area contributed by atoms with Crippen molar-refractivity contribution >= 4 is 15.5 Å². The molecule has 1 atom stereocenters. The fourth-order valence-electron chi connectivity index (χ4n) is 3.73. The average Bonchev–Trinajstić information content (AvgIpc) is 2.48. The largest absolute Gasteiger partial charge is 0.382 e. The van der Waals surface area contributed by atoms with E-state index in [4.69, 9.17) is 4.74 Å². The van der Waals surface area contributed by atoms with Crippen molar-refractivity contribution in [1.82, 2.24) is 0 Å². The lowest BCUT2D eigenvalue weighted by Crippen LogP contribution is -2.45. The number of ether oxygens (including phenoxy) is 1. The minimum absolute atomic E-state index is 0.0842. The monoisotopic (exact) mass is 323 g/mol. The Labute approximate surface area is 133 Å². The molecule has 1 N–H and O–H groups in total. The normalized spacial score (nSPS) is 25.0. The molecule has 3 rings (SSSR count). The highest BCUT2D eigenvalue weighted by molar-refractivity contribution is 7.90. The number of hydrogen-bond acceptors (Lipinski definition) is 4. The van der Waals surface area contributed by atoms with E-state index in [0.717, 1.165) is 25.1 Å². The Morgan fingerprint density at radius 2 is 1.82 bits per heavy atom. The third kappa shape index (κ3) is 3.63. The Hall–Kier alpha value is -1.07. The molecule has 0 bridgehead atoms. The molecular weight excluding hydrogens is 298 g/mol. The van der Waals surface area contributed by atoms with Crippen molar-refractivity contribution in [2.45, 2.75) is 61.5 Å². The maximum absolute atomic E-state index is 11.5. The van der Waals surface area contributed by atoms with Crippen molar-refractivity contribution in [3.8, 4) is 0 Å². The van der Waals surface area contributed by atoms with E-state index in [-0.39, 0.29) is 5.60 Å². The van der Waals surface area contributed by atoms with E-state index in [1.807, 2.05) is 12.1 Å². The summed E-state index contributed by atoms with van der Waals surface area (Å²) in [4.78, 5) is 0.369. The quantitative estimate of drug-likeness (QED) is 0.926. The number of nitrogens with one attached hydrogen (secondary N) is 1. The van der Waals surface area contributed by atoms with Crippen LogP contribution in [0.1, 0.15) is 44.9 Å². The summed E-state index contributed by atoms with van der Waals surface area (Å²) in [6, 6.07) is 7.48. The van der Waals surface area contributed by atoms with Crippen LogP contribution in [0.4, 0.5) is 5.69 Å². The number of benzene rings is 1. The van der Waals surface area contributed by atoms with Crippen LogP contribution in [0.15, 0.2) is 29.2 Å². The summed E-state index contributed by atoms with van der Waals surface area (Å²) >= 11 is 0. The molecule has 1 aromatic carbocycles. The van der Waals surface area contributed by atoms with E-state index in [0.29, 0.717) is 10.9 Å². The van der Waals surface area contributed by atoms with Crippen LogP contribution >= 0.6 is 0 Å². The van der Waals surface area contributed by atoms with Crippen LogP contribution in [0.25, 0.3) is 0 Å². The molecule has 1 unspecified atom stereocenters. The standard InChI is InChI=1S/C17H25NO3S/c1-22(19,20)16-7-5-14(6-8-16)18-15-9-12-21-17(13-15)10-3-2-4-11-17/h5-8,15,18H,2-4,9-13H2,1H3. The zero-order chi connectivity index (χ0) is 15.6. The molecule has 1 aromatic rings. The molecule has 22 heavy (non-hydrogen) atoms. The number of rotatable bonds is 3. The predicted molar refractivity (Wildman–Crippen MR) is 88.0 cm³/mol. The Bertz CT molecular complexity index is 598.